The molecule has 1 aromatic heterocycles. The van der Waals surface area contributed by atoms with Crippen molar-refractivity contribution in [3.8, 4) is 5.69 Å². The molecule has 0 saturated carbocycles. The van der Waals surface area contributed by atoms with E-state index in [0.29, 0.717) is 11.3 Å². The summed E-state index contributed by atoms with van der Waals surface area (Å²) in [6.07, 6.45) is -0.455. The number of halogens is 4. The van der Waals surface area contributed by atoms with Crippen molar-refractivity contribution in [2.24, 2.45) is 0 Å². The zero-order chi connectivity index (χ0) is 19.4. The lowest BCUT2D eigenvalue weighted by Crippen LogP contribution is -2.11. The number of aromatic nitrogens is 4. The number of tetrazole rings is 1. The Hall–Kier alpha value is -3.20. The maximum absolute atomic E-state index is 12.9. The van der Waals surface area contributed by atoms with Crippen LogP contribution in [-0.2, 0) is 11.0 Å². The van der Waals surface area contributed by atoms with E-state index >= 15 is 0 Å². The molecule has 0 atom stereocenters. The summed E-state index contributed by atoms with van der Waals surface area (Å²) < 4.78 is 40.0. The summed E-state index contributed by atoms with van der Waals surface area (Å²) in [6, 6.07) is 10.2. The van der Waals surface area contributed by atoms with Crippen LogP contribution in [0.15, 0.2) is 54.9 Å². The van der Waals surface area contributed by atoms with Crippen LogP contribution in [0.2, 0.25) is 5.02 Å². The smallest absolute Gasteiger partial charge is 0.322 e. The number of anilines is 1. The standard InChI is InChI=1S/C17H11ClF3N5O/c18-15-6-5-12(9-14(15)17(19,20)21)23-16(27)7-4-11-2-1-3-13(8-11)26-10-22-24-25-26/h1-10H,(H,23,27)/b7-4+. The summed E-state index contributed by atoms with van der Waals surface area (Å²) in [6.45, 7) is 0. The monoisotopic (exact) mass is 393 g/mol. The molecule has 0 radical (unpaired) electrons. The van der Waals surface area contributed by atoms with Gasteiger partial charge in [0, 0.05) is 11.8 Å². The third kappa shape index (κ3) is 4.70. The van der Waals surface area contributed by atoms with Crippen molar-refractivity contribution in [1.82, 2.24) is 20.2 Å². The molecule has 0 bridgehead atoms. The molecular formula is C17H11ClF3N5O. The van der Waals surface area contributed by atoms with Gasteiger partial charge in [-0.25, -0.2) is 4.68 Å². The number of hydrogen-bond donors (Lipinski definition) is 1. The summed E-state index contributed by atoms with van der Waals surface area (Å²) >= 11 is 5.55. The van der Waals surface area contributed by atoms with Crippen LogP contribution in [0.5, 0.6) is 0 Å². The van der Waals surface area contributed by atoms with Gasteiger partial charge in [0.2, 0.25) is 5.91 Å². The first-order valence-corrected chi connectivity index (χ1v) is 7.90. The molecule has 0 unspecified atom stereocenters. The number of hydrogen-bond acceptors (Lipinski definition) is 4. The maximum atomic E-state index is 12.9. The van der Waals surface area contributed by atoms with Crippen molar-refractivity contribution in [3.63, 3.8) is 0 Å². The van der Waals surface area contributed by atoms with Crippen molar-refractivity contribution in [2.75, 3.05) is 5.32 Å². The highest BCUT2D eigenvalue weighted by atomic mass is 35.5. The van der Waals surface area contributed by atoms with Crippen molar-refractivity contribution in [1.29, 1.82) is 0 Å². The van der Waals surface area contributed by atoms with Gasteiger partial charge in [-0.2, -0.15) is 13.2 Å². The van der Waals surface area contributed by atoms with E-state index in [1.165, 1.54) is 29.2 Å². The molecule has 1 N–H and O–H groups in total. The highest BCUT2D eigenvalue weighted by Crippen LogP contribution is 2.36. The molecule has 6 nitrogen and oxygen atoms in total. The molecule has 3 aromatic rings. The van der Waals surface area contributed by atoms with Gasteiger partial charge in [-0.3, -0.25) is 4.79 Å². The van der Waals surface area contributed by atoms with Crippen LogP contribution in [0.1, 0.15) is 11.1 Å². The molecule has 27 heavy (non-hydrogen) atoms. The van der Waals surface area contributed by atoms with Gasteiger partial charge in [-0.1, -0.05) is 23.7 Å². The Morgan fingerprint density at radius 2 is 2.00 bits per heavy atom. The van der Waals surface area contributed by atoms with E-state index in [9.17, 15) is 18.0 Å². The summed E-state index contributed by atoms with van der Waals surface area (Å²) in [5, 5.41) is 12.8. The highest BCUT2D eigenvalue weighted by molar-refractivity contribution is 6.31. The minimum absolute atomic E-state index is 0.0104. The number of carbonyl (C=O) groups excluding carboxylic acids is 1. The maximum Gasteiger partial charge on any atom is 0.417 e. The summed E-state index contributed by atoms with van der Waals surface area (Å²) in [7, 11) is 0. The SMILES string of the molecule is O=C(/C=C/c1cccc(-n2cnnn2)c1)Nc1ccc(Cl)c(C(F)(F)F)c1. The van der Waals surface area contributed by atoms with Gasteiger partial charge in [0.05, 0.1) is 16.3 Å². The zero-order valence-electron chi connectivity index (χ0n) is 13.5. The van der Waals surface area contributed by atoms with E-state index in [0.717, 1.165) is 12.1 Å². The normalized spacial score (nSPS) is 11.7. The molecular weight excluding hydrogens is 383 g/mol. The molecule has 0 aliphatic rings. The number of rotatable bonds is 4. The predicted octanol–water partition coefficient (Wildman–Crippen LogP) is 3.99. The largest absolute Gasteiger partial charge is 0.417 e. The first kappa shape index (κ1) is 18.6. The van der Waals surface area contributed by atoms with E-state index in [4.69, 9.17) is 11.6 Å². The van der Waals surface area contributed by atoms with E-state index in [-0.39, 0.29) is 5.69 Å². The van der Waals surface area contributed by atoms with Crippen LogP contribution in [0.25, 0.3) is 11.8 Å². The average molecular weight is 394 g/mol. The van der Waals surface area contributed by atoms with Crippen molar-refractivity contribution in [3.05, 3.63) is 71.0 Å². The van der Waals surface area contributed by atoms with Gasteiger partial charge in [-0.15, -0.1) is 5.10 Å². The number of amides is 1. The van der Waals surface area contributed by atoms with Crippen LogP contribution in [0.4, 0.5) is 18.9 Å². The van der Waals surface area contributed by atoms with Crippen LogP contribution >= 0.6 is 11.6 Å². The van der Waals surface area contributed by atoms with Crippen LogP contribution in [0, 0.1) is 0 Å². The molecule has 0 aliphatic heterocycles. The fraction of sp³-hybridized carbons (Fsp3) is 0.0588. The Kier molecular flexibility index (Phi) is 5.22. The average Bonchev–Trinajstić information content (AvgIpc) is 3.16. The third-order valence-corrected chi connectivity index (χ3v) is 3.78. The van der Waals surface area contributed by atoms with Gasteiger partial charge >= 0.3 is 6.18 Å². The Balaban J connectivity index is 1.72. The number of nitrogens with zero attached hydrogens (tertiary/aromatic N) is 4. The van der Waals surface area contributed by atoms with E-state index < -0.39 is 22.7 Å². The number of carbonyl (C=O) groups is 1. The Morgan fingerprint density at radius 3 is 2.70 bits per heavy atom. The lowest BCUT2D eigenvalue weighted by atomic mass is 10.1. The van der Waals surface area contributed by atoms with Crippen LogP contribution in [-0.4, -0.2) is 26.1 Å². The topological polar surface area (TPSA) is 72.7 Å². The minimum atomic E-state index is -4.61. The fourth-order valence-electron chi connectivity index (χ4n) is 2.23. The van der Waals surface area contributed by atoms with Gasteiger partial charge in [0.1, 0.15) is 6.33 Å². The van der Waals surface area contributed by atoms with E-state index in [2.05, 4.69) is 20.8 Å². The summed E-state index contributed by atoms with van der Waals surface area (Å²) in [5.41, 5.74) is 0.351. The fourth-order valence-corrected chi connectivity index (χ4v) is 2.45. The lowest BCUT2D eigenvalue weighted by molar-refractivity contribution is -0.137. The predicted molar refractivity (Wildman–Crippen MR) is 93.3 cm³/mol. The second-order valence-electron chi connectivity index (χ2n) is 5.36. The molecule has 1 heterocycles. The number of alkyl halides is 3. The molecule has 0 fully saturated rings. The molecule has 3 rings (SSSR count). The second kappa shape index (κ2) is 7.58. The Morgan fingerprint density at radius 1 is 1.19 bits per heavy atom. The van der Waals surface area contributed by atoms with Gasteiger partial charge in [0.15, 0.2) is 0 Å². The molecule has 1 amide bonds. The van der Waals surface area contributed by atoms with Gasteiger partial charge < -0.3 is 5.32 Å². The lowest BCUT2D eigenvalue weighted by Gasteiger charge is -2.11. The van der Waals surface area contributed by atoms with E-state index in [1.54, 1.807) is 24.3 Å². The molecule has 2 aromatic carbocycles. The quantitative estimate of drug-likeness (QED) is 0.680. The second-order valence-corrected chi connectivity index (χ2v) is 5.77. The first-order chi connectivity index (χ1) is 12.8. The Labute approximate surface area is 156 Å². The van der Waals surface area contributed by atoms with Crippen LogP contribution in [0.3, 0.4) is 0 Å². The van der Waals surface area contributed by atoms with Gasteiger partial charge in [0.25, 0.3) is 0 Å². The highest BCUT2D eigenvalue weighted by Gasteiger charge is 2.33. The molecule has 0 saturated heterocycles. The van der Waals surface area contributed by atoms with E-state index in [1.807, 2.05) is 0 Å². The third-order valence-electron chi connectivity index (χ3n) is 3.45. The Bertz CT molecular complexity index is 986. The first-order valence-electron chi connectivity index (χ1n) is 7.52. The van der Waals surface area contributed by atoms with Crippen molar-refractivity contribution in [2.45, 2.75) is 6.18 Å². The molecule has 0 aliphatic carbocycles. The summed E-state index contributed by atoms with van der Waals surface area (Å²) in [4.78, 5) is 12.0. The van der Waals surface area contributed by atoms with Crippen molar-refractivity contribution >= 4 is 29.3 Å². The number of nitrogens with one attached hydrogen (secondary N) is 1. The molecule has 10 heteroatoms. The zero-order valence-corrected chi connectivity index (χ0v) is 14.2. The summed E-state index contributed by atoms with van der Waals surface area (Å²) in [5.74, 6) is -0.585. The van der Waals surface area contributed by atoms with Crippen molar-refractivity contribution < 1.29 is 18.0 Å². The molecule has 0 spiro atoms. The number of benzene rings is 2. The van der Waals surface area contributed by atoms with Gasteiger partial charge in [-0.05, 0) is 52.4 Å². The minimum Gasteiger partial charge on any atom is -0.322 e. The molecule has 138 valence electrons. The van der Waals surface area contributed by atoms with Crippen LogP contribution < -0.4 is 5.32 Å².